The number of amides is 4. The van der Waals surface area contributed by atoms with E-state index in [1.165, 1.54) is 19.3 Å². The zero-order valence-corrected chi connectivity index (χ0v) is 21.9. The van der Waals surface area contributed by atoms with Crippen molar-refractivity contribution in [3.63, 3.8) is 0 Å². The molecule has 4 saturated carbocycles. The average molecular weight is 505 g/mol. The van der Waals surface area contributed by atoms with Crippen LogP contribution >= 0.6 is 11.8 Å². The van der Waals surface area contributed by atoms with Crippen LogP contribution in [0.15, 0.2) is 0 Å². The van der Waals surface area contributed by atoms with E-state index in [0.29, 0.717) is 17.6 Å². The molecule has 6 fully saturated rings. The lowest BCUT2D eigenvalue weighted by atomic mass is 9.49. The molecule has 6 aliphatic rings. The summed E-state index contributed by atoms with van der Waals surface area (Å²) in [5.41, 5.74) is -0.0267. The molecule has 4 N–H and O–H groups in total. The highest BCUT2D eigenvalue weighted by atomic mass is 32.2. The fraction of sp³-hybridized carbons (Fsp3) is 0.889. The second kappa shape index (κ2) is 11.3. The standard InChI is InChI=1S/C27H44N4O3S/c32-23(8-4-3-7-22-24-21(17-35-22)30-26(34)31-24)28-9-5-1-2-6-10-29-25(33)27-14-18-11-19(15-27)13-20(12-18)16-27/h18-22,24H,1-17H2,(H,28,32)(H,29,33)(H2,30,31,34)/t18?,19?,20?,21-,22-,24-,27?/m0/s1. The number of urea groups is 1. The van der Waals surface area contributed by atoms with Crippen LogP contribution in [0.1, 0.15) is 89.9 Å². The molecule has 0 aromatic rings. The Morgan fingerprint density at radius 1 is 0.857 bits per heavy atom. The van der Waals surface area contributed by atoms with Gasteiger partial charge in [0.15, 0.2) is 0 Å². The van der Waals surface area contributed by atoms with Crippen LogP contribution in [0, 0.1) is 23.2 Å². The fourth-order valence-corrected chi connectivity index (χ4v) is 9.52. The third-order valence-corrected chi connectivity index (χ3v) is 10.8. The Labute approximate surface area is 214 Å². The predicted octanol–water partition coefficient (Wildman–Crippen LogP) is 3.72. The first-order chi connectivity index (χ1) is 17.0. The number of carbonyl (C=O) groups is 3. The van der Waals surface area contributed by atoms with Crippen molar-refractivity contribution in [2.75, 3.05) is 18.8 Å². The number of hydrogen-bond donors (Lipinski definition) is 4. The van der Waals surface area contributed by atoms with Crippen molar-refractivity contribution >= 4 is 29.6 Å². The summed E-state index contributed by atoms with van der Waals surface area (Å²) >= 11 is 1.93. The molecule has 6 rings (SSSR count). The lowest BCUT2D eigenvalue weighted by Gasteiger charge is -2.55. The minimum absolute atomic E-state index is 0.0267. The van der Waals surface area contributed by atoms with E-state index < -0.39 is 0 Å². The van der Waals surface area contributed by atoms with Crippen LogP contribution in [-0.4, -0.2) is 54.0 Å². The molecule has 4 bridgehead atoms. The number of unbranched alkanes of at least 4 members (excludes halogenated alkanes) is 4. The van der Waals surface area contributed by atoms with E-state index in [9.17, 15) is 14.4 Å². The van der Waals surface area contributed by atoms with Gasteiger partial charge in [-0.3, -0.25) is 9.59 Å². The maximum absolute atomic E-state index is 13.0. The maximum Gasteiger partial charge on any atom is 0.315 e. The van der Waals surface area contributed by atoms with Gasteiger partial charge >= 0.3 is 6.03 Å². The highest BCUT2D eigenvalue weighted by Crippen LogP contribution is 2.60. The smallest absolute Gasteiger partial charge is 0.315 e. The number of hydrogen-bond acceptors (Lipinski definition) is 4. The van der Waals surface area contributed by atoms with Crippen molar-refractivity contribution in [1.82, 2.24) is 21.3 Å². The number of rotatable bonds is 13. The molecule has 4 amide bonds. The Morgan fingerprint density at radius 3 is 2.20 bits per heavy atom. The van der Waals surface area contributed by atoms with Gasteiger partial charge in [-0.1, -0.05) is 19.3 Å². The van der Waals surface area contributed by atoms with Crippen LogP contribution in [0.5, 0.6) is 0 Å². The molecule has 2 aliphatic heterocycles. The molecule has 0 aromatic heterocycles. The van der Waals surface area contributed by atoms with E-state index in [-0.39, 0.29) is 29.4 Å². The largest absolute Gasteiger partial charge is 0.356 e. The molecule has 35 heavy (non-hydrogen) atoms. The van der Waals surface area contributed by atoms with Gasteiger partial charge in [0.05, 0.1) is 12.1 Å². The molecular weight excluding hydrogens is 460 g/mol. The molecular formula is C27H44N4O3S. The van der Waals surface area contributed by atoms with E-state index in [4.69, 9.17) is 0 Å². The molecule has 2 saturated heterocycles. The Balaban J connectivity index is 0.848. The fourth-order valence-electron chi connectivity index (χ4n) is 7.97. The normalized spacial score (nSPS) is 36.5. The number of nitrogens with one attached hydrogen (secondary N) is 4. The van der Waals surface area contributed by atoms with Crippen molar-refractivity contribution in [1.29, 1.82) is 0 Å². The molecule has 0 radical (unpaired) electrons. The van der Waals surface area contributed by atoms with Crippen LogP contribution < -0.4 is 21.3 Å². The lowest BCUT2D eigenvalue weighted by molar-refractivity contribution is -0.146. The molecule has 7 nitrogen and oxygen atoms in total. The van der Waals surface area contributed by atoms with E-state index >= 15 is 0 Å². The Morgan fingerprint density at radius 2 is 1.51 bits per heavy atom. The van der Waals surface area contributed by atoms with E-state index in [0.717, 1.165) is 101 Å². The second-order valence-corrected chi connectivity index (χ2v) is 13.4. The molecule has 0 aromatic carbocycles. The molecule has 2 heterocycles. The van der Waals surface area contributed by atoms with Gasteiger partial charge < -0.3 is 21.3 Å². The molecule has 196 valence electrons. The van der Waals surface area contributed by atoms with E-state index in [1.807, 2.05) is 11.8 Å². The minimum Gasteiger partial charge on any atom is -0.356 e. The highest BCUT2D eigenvalue weighted by molar-refractivity contribution is 8.00. The van der Waals surface area contributed by atoms with Crippen LogP contribution in [-0.2, 0) is 9.59 Å². The molecule has 8 heteroatoms. The zero-order chi connectivity index (χ0) is 24.3. The first kappa shape index (κ1) is 25.2. The lowest BCUT2D eigenvalue weighted by Crippen LogP contribution is -2.53. The SMILES string of the molecule is O=C(CCCC[C@@H]1SC[C@@H]2NC(=O)N[C@@H]21)NCCCCCCNC(=O)C12CC3CC(CC(C3)C1)C2. The van der Waals surface area contributed by atoms with Crippen LogP contribution in [0.25, 0.3) is 0 Å². The van der Waals surface area contributed by atoms with Gasteiger partial charge in [0.25, 0.3) is 0 Å². The summed E-state index contributed by atoms with van der Waals surface area (Å²) in [5, 5.41) is 12.8. The van der Waals surface area contributed by atoms with Gasteiger partial charge in [-0.2, -0.15) is 11.8 Å². The van der Waals surface area contributed by atoms with Crippen LogP contribution in [0.2, 0.25) is 0 Å². The number of thioether (sulfide) groups is 1. The zero-order valence-electron chi connectivity index (χ0n) is 21.1. The number of carbonyl (C=O) groups excluding carboxylic acids is 3. The summed E-state index contributed by atoms with van der Waals surface area (Å²) in [6, 6.07) is 0.498. The summed E-state index contributed by atoms with van der Waals surface area (Å²) in [7, 11) is 0. The third kappa shape index (κ3) is 6.11. The number of fused-ring (bicyclic) bond motifs is 1. The van der Waals surface area contributed by atoms with Crippen LogP contribution in [0.3, 0.4) is 0 Å². The molecule has 3 atom stereocenters. The van der Waals surface area contributed by atoms with Crippen molar-refractivity contribution in [2.24, 2.45) is 23.2 Å². The maximum atomic E-state index is 13.0. The highest BCUT2D eigenvalue weighted by Gasteiger charge is 2.54. The van der Waals surface area contributed by atoms with Crippen molar-refractivity contribution in [3.8, 4) is 0 Å². The second-order valence-electron chi connectivity index (χ2n) is 12.1. The summed E-state index contributed by atoms with van der Waals surface area (Å²) in [5.74, 6) is 3.93. The summed E-state index contributed by atoms with van der Waals surface area (Å²) < 4.78 is 0. The summed E-state index contributed by atoms with van der Waals surface area (Å²) in [4.78, 5) is 36.5. The van der Waals surface area contributed by atoms with Gasteiger partial charge in [-0.25, -0.2) is 4.79 Å². The molecule has 0 spiro atoms. The Kier molecular flexibility index (Phi) is 8.15. The van der Waals surface area contributed by atoms with Gasteiger partial charge in [0.2, 0.25) is 11.8 Å². The van der Waals surface area contributed by atoms with Gasteiger partial charge in [0.1, 0.15) is 0 Å². The van der Waals surface area contributed by atoms with Gasteiger partial charge in [0, 0.05) is 35.9 Å². The van der Waals surface area contributed by atoms with Crippen molar-refractivity contribution in [3.05, 3.63) is 0 Å². The monoisotopic (exact) mass is 504 g/mol. The Hall–Kier alpha value is -1.44. The topological polar surface area (TPSA) is 99.3 Å². The molecule has 4 aliphatic carbocycles. The predicted molar refractivity (Wildman–Crippen MR) is 139 cm³/mol. The summed E-state index contributed by atoms with van der Waals surface area (Å²) in [6.45, 7) is 1.55. The van der Waals surface area contributed by atoms with Crippen LogP contribution in [0.4, 0.5) is 4.79 Å². The quantitative estimate of drug-likeness (QED) is 0.227. The van der Waals surface area contributed by atoms with Crippen molar-refractivity contribution < 1.29 is 14.4 Å². The van der Waals surface area contributed by atoms with E-state index in [1.54, 1.807) is 0 Å². The molecule has 0 unspecified atom stereocenters. The third-order valence-electron chi connectivity index (χ3n) is 9.31. The van der Waals surface area contributed by atoms with Gasteiger partial charge in [-0.05, 0) is 82.0 Å². The Bertz CT molecular complexity index is 755. The van der Waals surface area contributed by atoms with Gasteiger partial charge in [-0.15, -0.1) is 0 Å². The van der Waals surface area contributed by atoms with Crippen molar-refractivity contribution in [2.45, 2.75) is 107 Å². The minimum atomic E-state index is -0.0352. The van der Waals surface area contributed by atoms with E-state index in [2.05, 4.69) is 21.3 Å². The first-order valence-corrected chi connectivity index (χ1v) is 15.3. The average Bonchev–Trinajstić information content (AvgIpc) is 3.36. The summed E-state index contributed by atoms with van der Waals surface area (Å²) in [6.07, 6.45) is 15.4. The first-order valence-electron chi connectivity index (χ1n) is 14.2.